The van der Waals surface area contributed by atoms with E-state index in [2.05, 4.69) is 15.1 Å². The average Bonchev–Trinajstić information content (AvgIpc) is 2.70. The second-order valence-electron chi connectivity index (χ2n) is 3.98. The van der Waals surface area contributed by atoms with Crippen LogP contribution >= 0.6 is 11.6 Å². The van der Waals surface area contributed by atoms with E-state index in [4.69, 9.17) is 11.6 Å². The minimum Gasteiger partial charge on any atom is -0.254 e. The molecule has 0 aliphatic carbocycles. The Morgan fingerprint density at radius 2 is 2.00 bits per heavy atom. The van der Waals surface area contributed by atoms with Gasteiger partial charge in [-0.1, -0.05) is 41.9 Å². The summed E-state index contributed by atoms with van der Waals surface area (Å²) in [4.78, 5) is 8.38. The molecule has 0 amide bonds. The first-order valence-corrected chi connectivity index (χ1v) is 5.82. The molecule has 0 aromatic heterocycles. The first kappa shape index (κ1) is 10.5. The zero-order chi connectivity index (χ0) is 11.8. The molecule has 0 N–H and O–H groups in total. The van der Waals surface area contributed by atoms with Crippen molar-refractivity contribution < 1.29 is 0 Å². The standard InChI is InChI=1S/C12H11ClN4/c1-17-12-9(11(13)14-7-15-12)10(16-17)8-5-3-2-4-6-8/h2-7,9,11H,1H3. The van der Waals surface area contributed by atoms with Crippen molar-refractivity contribution in [3.63, 3.8) is 0 Å². The number of fused-ring (bicyclic) bond motifs is 1. The molecule has 2 aliphatic heterocycles. The predicted molar refractivity (Wildman–Crippen MR) is 69.8 cm³/mol. The number of alkyl halides is 1. The number of benzene rings is 1. The van der Waals surface area contributed by atoms with Gasteiger partial charge in [-0.05, 0) is 5.56 Å². The van der Waals surface area contributed by atoms with Crippen LogP contribution in [0.4, 0.5) is 0 Å². The zero-order valence-corrected chi connectivity index (χ0v) is 10.0. The van der Waals surface area contributed by atoms with E-state index in [0.29, 0.717) is 0 Å². The summed E-state index contributed by atoms with van der Waals surface area (Å²) in [5.74, 6) is 0.813. The maximum Gasteiger partial charge on any atom is 0.141 e. The van der Waals surface area contributed by atoms with Gasteiger partial charge in [0, 0.05) is 7.05 Å². The zero-order valence-electron chi connectivity index (χ0n) is 9.29. The minimum atomic E-state index is -0.327. The smallest absolute Gasteiger partial charge is 0.141 e. The van der Waals surface area contributed by atoms with Crippen molar-refractivity contribution >= 4 is 29.5 Å². The van der Waals surface area contributed by atoms with Crippen molar-refractivity contribution in [3.8, 4) is 0 Å². The molecule has 0 radical (unpaired) electrons. The molecule has 1 aromatic rings. The normalized spacial score (nSPS) is 26.6. The molecular weight excluding hydrogens is 236 g/mol. The number of aliphatic imine (C=N–C) groups is 2. The molecule has 0 bridgehead atoms. The molecule has 2 aliphatic rings. The lowest BCUT2D eigenvalue weighted by molar-refractivity contribution is 0.546. The Morgan fingerprint density at radius 3 is 2.76 bits per heavy atom. The summed E-state index contributed by atoms with van der Waals surface area (Å²) in [6.07, 6.45) is 1.50. The second kappa shape index (κ2) is 3.96. The van der Waals surface area contributed by atoms with Crippen LogP contribution in [0.2, 0.25) is 0 Å². The van der Waals surface area contributed by atoms with Crippen LogP contribution in [0, 0.1) is 5.92 Å². The highest BCUT2D eigenvalue weighted by Gasteiger charge is 2.39. The fraction of sp³-hybridized carbons (Fsp3) is 0.250. The summed E-state index contributed by atoms with van der Waals surface area (Å²) in [6.45, 7) is 0. The van der Waals surface area contributed by atoms with Crippen molar-refractivity contribution in [3.05, 3.63) is 35.9 Å². The second-order valence-corrected chi connectivity index (χ2v) is 4.42. The summed E-state index contributed by atoms with van der Waals surface area (Å²) in [5, 5.41) is 6.28. The maximum absolute atomic E-state index is 6.24. The lowest BCUT2D eigenvalue weighted by Gasteiger charge is -2.20. The Bertz CT molecular complexity index is 521. The molecule has 2 unspecified atom stereocenters. The van der Waals surface area contributed by atoms with Gasteiger partial charge < -0.3 is 0 Å². The van der Waals surface area contributed by atoms with E-state index in [1.165, 1.54) is 6.34 Å². The SMILES string of the molecule is CN1N=C(c2ccccc2)C2C1=NC=NC2Cl. The first-order valence-electron chi connectivity index (χ1n) is 5.38. The third kappa shape index (κ3) is 1.65. The predicted octanol–water partition coefficient (Wildman–Crippen LogP) is 1.96. The molecule has 2 heterocycles. The van der Waals surface area contributed by atoms with Gasteiger partial charge >= 0.3 is 0 Å². The number of nitrogens with zero attached hydrogens (tertiary/aromatic N) is 4. The van der Waals surface area contributed by atoms with Crippen molar-refractivity contribution in [2.45, 2.75) is 5.50 Å². The van der Waals surface area contributed by atoms with E-state index in [1.807, 2.05) is 37.4 Å². The number of halogens is 1. The van der Waals surface area contributed by atoms with Crippen molar-refractivity contribution in [2.75, 3.05) is 7.05 Å². The molecule has 0 saturated heterocycles. The van der Waals surface area contributed by atoms with E-state index in [9.17, 15) is 0 Å². The summed E-state index contributed by atoms with van der Waals surface area (Å²) in [5.41, 5.74) is 1.67. The number of hydrogen-bond donors (Lipinski definition) is 0. The molecule has 0 spiro atoms. The van der Waals surface area contributed by atoms with Gasteiger partial charge in [0.2, 0.25) is 0 Å². The monoisotopic (exact) mass is 246 g/mol. The number of rotatable bonds is 1. The van der Waals surface area contributed by atoms with Crippen molar-refractivity contribution in [1.29, 1.82) is 0 Å². The van der Waals surface area contributed by atoms with Crippen LogP contribution in [0.1, 0.15) is 5.56 Å². The molecule has 2 atom stereocenters. The highest BCUT2D eigenvalue weighted by atomic mass is 35.5. The van der Waals surface area contributed by atoms with E-state index in [-0.39, 0.29) is 11.4 Å². The van der Waals surface area contributed by atoms with E-state index < -0.39 is 0 Å². The molecule has 0 fully saturated rings. The highest BCUT2D eigenvalue weighted by Crippen LogP contribution is 2.29. The van der Waals surface area contributed by atoms with Crippen LogP contribution in [-0.2, 0) is 0 Å². The number of hydrazone groups is 1. The van der Waals surface area contributed by atoms with Gasteiger partial charge in [-0.2, -0.15) is 5.10 Å². The molecule has 5 heteroatoms. The minimum absolute atomic E-state index is 0.0472. The first-order chi connectivity index (χ1) is 8.27. The summed E-state index contributed by atoms with van der Waals surface area (Å²) in [7, 11) is 1.88. The summed E-state index contributed by atoms with van der Waals surface area (Å²) >= 11 is 6.24. The fourth-order valence-electron chi connectivity index (χ4n) is 2.10. The third-order valence-electron chi connectivity index (χ3n) is 2.91. The Labute approximate surface area is 104 Å². The molecule has 86 valence electrons. The average molecular weight is 247 g/mol. The van der Waals surface area contributed by atoms with Crippen molar-refractivity contribution in [1.82, 2.24) is 5.01 Å². The van der Waals surface area contributed by atoms with Crippen LogP contribution in [0.15, 0.2) is 45.4 Å². The molecular formula is C12H11ClN4. The Hall–Kier alpha value is -1.68. The molecule has 4 nitrogen and oxygen atoms in total. The lowest BCUT2D eigenvalue weighted by Crippen LogP contribution is -2.34. The van der Waals surface area contributed by atoms with Gasteiger partial charge in [-0.25, -0.2) is 4.99 Å². The van der Waals surface area contributed by atoms with Gasteiger partial charge in [-0.3, -0.25) is 10.0 Å². The molecule has 3 rings (SSSR count). The topological polar surface area (TPSA) is 40.3 Å². The van der Waals surface area contributed by atoms with Crippen molar-refractivity contribution in [2.24, 2.45) is 21.0 Å². The summed E-state index contributed by atoms with van der Waals surface area (Å²) in [6, 6.07) is 10.0. The third-order valence-corrected chi connectivity index (χ3v) is 3.27. The van der Waals surface area contributed by atoms with E-state index in [0.717, 1.165) is 17.1 Å². The van der Waals surface area contributed by atoms with Crippen LogP contribution in [-0.4, -0.2) is 35.4 Å². The maximum atomic E-state index is 6.24. The number of amidine groups is 1. The molecule has 1 aromatic carbocycles. The van der Waals surface area contributed by atoms with Gasteiger partial charge in [0.15, 0.2) is 0 Å². The Balaban J connectivity index is 2.05. The van der Waals surface area contributed by atoms with Crippen LogP contribution < -0.4 is 0 Å². The van der Waals surface area contributed by atoms with Crippen LogP contribution in [0.25, 0.3) is 0 Å². The van der Waals surface area contributed by atoms with Gasteiger partial charge in [0.1, 0.15) is 17.7 Å². The number of hydrogen-bond acceptors (Lipinski definition) is 4. The fourth-order valence-corrected chi connectivity index (χ4v) is 2.39. The summed E-state index contributed by atoms with van der Waals surface area (Å²) < 4.78 is 0. The molecule has 0 saturated carbocycles. The van der Waals surface area contributed by atoms with E-state index in [1.54, 1.807) is 5.01 Å². The quantitative estimate of drug-likeness (QED) is 0.552. The van der Waals surface area contributed by atoms with Gasteiger partial charge in [0.05, 0.1) is 11.6 Å². The largest absolute Gasteiger partial charge is 0.254 e. The Kier molecular flexibility index (Phi) is 2.44. The van der Waals surface area contributed by atoms with Gasteiger partial charge in [-0.15, -0.1) is 0 Å². The van der Waals surface area contributed by atoms with Crippen LogP contribution in [0.3, 0.4) is 0 Å². The van der Waals surface area contributed by atoms with E-state index >= 15 is 0 Å². The molecule has 17 heavy (non-hydrogen) atoms. The lowest BCUT2D eigenvalue weighted by atomic mass is 9.96. The van der Waals surface area contributed by atoms with Crippen LogP contribution in [0.5, 0.6) is 0 Å². The van der Waals surface area contributed by atoms with Gasteiger partial charge in [0.25, 0.3) is 0 Å². The Morgan fingerprint density at radius 1 is 1.24 bits per heavy atom. The highest BCUT2D eigenvalue weighted by molar-refractivity contribution is 6.30.